The molecule has 0 bridgehead atoms. The number of nitrogens with zero attached hydrogens (tertiary/aromatic N) is 2. The normalized spacial score (nSPS) is 18.0. The Morgan fingerprint density at radius 1 is 1.56 bits per heavy atom. The Morgan fingerprint density at radius 2 is 2.24 bits per heavy atom. The second-order valence-electron chi connectivity index (χ2n) is 5.64. The molecule has 1 aliphatic heterocycles. The van der Waals surface area contributed by atoms with E-state index in [9.17, 15) is 15.0 Å². The topological polar surface area (TPSA) is 121 Å². The molecule has 0 radical (unpaired) electrons. The molecule has 0 aromatic heterocycles. The number of nitrogens with two attached hydrogens (primary N) is 1. The van der Waals surface area contributed by atoms with E-state index in [1.165, 1.54) is 12.2 Å². The molecular weight excluding hydrogens is 328 g/mol. The van der Waals surface area contributed by atoms with Gasteiger partial charge in [0.2, 0.25) is 5.91 Å². The zero-order chi connectivity index (χ0) is 19.0. The van der Waals surface area contributed by atoms with Crippen LogP contribution in [0.5, 0.6) is 0 Å². The molecule has 25 heavy (non-hydrogen) atoms. The van der Waals surface area contributed by atoms with Crippen molar-refractivity contribution in [3.8, 4) is 0 Å². The highest BCUT2D eigenvalue weighted by atomic mass is 16.8. The Kier molecular flexibility index (Phi) is 8.42. The van der Waals surface area contributed by atoms with E-state index in [1.807, 2.05) is 0 Å². The molecule has 2 atom stereocenters. The lowest BCUT2D eigenvalue weighted by molar-refractivity contribution is -0.286. The number of hydrogen-bond acceptors (Lipinski definition) is 8. The Morgan fingerprint density at radius 3 is 2.76 bits per heavy atom. The zero-order valence-corrected chi connectivity index (χ0v) is 14.6. The molecule has 1 heterocycles. The predicted octanol–water partition coefficient (Wildman–Crippen LogP) is -0.785. The van der Waals surface area contributed by atoms with Gasteiger partial charge in [-0.2, -0.15) is 0 Å². The number of rotatable bonds is 11. The van der Waals surface area contributed by atoms with Gasteiger partial charge in [-0.15, -0.1) is 0 Å². The molecule has 5 N–H and O–H groups in total. The number of nitrogens with one attached hydrogen (secondary N) is 1. The Hall–Kier alpha value is -2.07. The second kappa shape index (κ2) is 10.0. The molecular formula is C16H28N4O5. The lowest BCUT2D eigenvalue weighted by Crippen LogP contribution is -2.42. The van der Waals surface area contributed by atoms with Gasteiger partial charge in [-0.1, -0.05) is 19.7 Å². The SMILES string of the molecule is C=C(CN(CC(O)ON1C(=C)CCC1O)C(=C)CNC(=O)CN)OC. The molecule has 142 valence electrons. The molecule has 0 saturated carbocycles. The summed E-state index contributed by atoms with van der Waals surface area (Å²) >= 11 is 0. The third-order valence-corrected chi connectivity index (χ3v) is 3.66. The van der Waals surface area contributed by atoms with Crippen molar-refractivity contribution in [3.05, 3.63) is 36.9 Å². The van der Waals surface area contributed by atoms with E-state index in [0.717, 1.165) is 0 Å². The third-order valence-electron chi connectivity index (χ3n) is 3.66. The summed E-state index contributed by atoms with van der Waals surface area (Å²) in [7, 11) is 1.48. The molecule has 1 fully saturated rings. The fourth-order valence-electron chi connectivity index (χ4n) is 2.20. The Bertz CT molecular complexity index is 511. The van der Waals surface area contributed by atoms with Crippen LogP contribution in [0.1, 0.15) is 12.8 Å². The lowest BCUT2D eigenvalue weighted by Gasteiger charge is -2.32. The van der Waals surface area contributed by atoms with Crippen LogP contribution in [0, 0.1) is 0 Å². The van der Waals surface area contributed by atoms with E-state index in [4.69, 9.17) is 15.3 Å². The van der Waals surface area contributed by atoms with Gasteiger partial charge in [-0.05, 0) is 12.8 Å². The summed E-state index contributed by atoms with van der Waals surface area (Å²) in [5.41, 5.74) is 6.36. The zero-order valence-electron chi connectivity index (χ0n) is 14.6. The van der Waals surface area contributed by atoms with Gasteiger partial charge in [0.05, 0.1) is 33.3 Å². The highest BCUT2D eigenvalue weighted by Gasteiger charge is 2.28. The van der Waals surface area contributed by atoms with Gasteiger partial charge in [0.1, 0.15) is 5.76 Å². The van der Waals surface area contributed by atoms with Crippen LogP contribution < -0.4 is 11.1 Å². The van der Waals surface area contributed by atoms with Crippen molar-refractivity contribution < 1.29 is 24.6 Å². The summed E-state index contributed by atoms with van der Waals surface area (Å²) in [6.07, 6.45) is -1.00. The van der Waals surface area contributed by atoms with E-state index >= 15 is 0 Å². The van der Waals surface area contributed by atoms with Crippen LogP contribution in [0.4, 0.5) is 0 Å². The first-order valence-corrected chi connectivity index (χ1v) is 7.89. The molecule has 2 unspecified atom stereocenters. The molecule has 0 spiro atoms. The number of allylic oxidation sites excluding steroid dienone is 1. The van der Waals surface area contributed by atoms with Crippen molar-refractivity contribution in [1.82, 2.24) is 15.3 Å². The van der Waals surface area contributed by atoms with Crippen molar-refractivity contribution in [2.24, 2.45) is 5.73 Å². The van der Waals surface area contributed by atoms with Crippen molar-refractivity contribution >= 4 is 5.91 Å². The number of hydroxylamine groups is 2. The maximum absolute atomic E-state index is 11.3. The average molecular weight is 356 g/mol. The van der Waals surface area contributed by atoms with Crippen LogP contribution in [-0.4, -0.2) is 71.9 Å². The number of methoxy groups -OCH3 is 1. The molecule has 0 aliphatic carbocycles. The van der Waals surface area contributed by atoms with Gasteiger partial charge in [-0.25, -0.2) is 9.90 Å². The number of aliphatic hydroxyl groups is 2. The van der Waals surface area contributed by atoms with Gasteiger partial charge < -0.3 is 30.9 Å². The summed E-state index contributed by atoms with van der Waals surface area (Å²) in [6, 6.07) is 0. The summed E-state index contributed by atoms with van der Waals surface area (Å²) in [4.78, 5) is 18.3. The largest absolute Gasteiger partial charge is 0.500 e. The van der Waals surface area contributed by atoms with Gasteiger partial charge in [0, 0.05) is 11.4 Å². The average Bonchev–Trinajstić information content (AvgIpc) is 2.90. The number of aliphatic hydroxyl groups excluding tert-OH is 2. The maximum atomic E-state index is 11.3. The van der Waals surface area contributed by atoms with Crippen LogP contribution >= 0.6 is 0 Å². The highest BCUT2D eigenvalue weighted by molar-refractivity contribution is 5.77. The summed E-state index contributed by atoms with van der Waals surface area (Å²) in [5.74, 6) is 0.129. The number of ether oxygens (including phenoxy) is 1. The Balaban J connectivity index is 2.65. The quantitative estimate of drug-likeness (QED) is 0.281. The van der Waals surface area contributed by atoms with E-state index in [0.29, 0.717) is 30.0 Å². The first kappa shape index (κ1) is 21.0. The Labute approximate surface area is 147 Å². The first-order valence-electron chi connectivity index (χ1n) is 7.89. The fraction of sp³-hybridized carbons (Fsp3) is 0.562. The minimum absolute atomic E-state index is 0.0240. The van der Waals surface area contributed by atoms with E-state index in [1.54, 1.807) is 4.90 Å². The summed E-state index contributed by atoms with van der Waals surface area (Å²) in [6.45, 7) is 11.7. The maximum Gasteiger partial charge on any atom is 0.234 e. The smallest absolute Gasteiger partial charge is 0.234 e. The number of hydrogen-bond donors (Lipinski definition) is 4. The van der Waals surface area contributed by atoms with Crippen molar-refractivity contribution in [2.75, 3.05) is 33.3 Å². The number of carbonyl (C=O) groups excluding carboxylic acids is 1. The second-order valence-corrected chi connectivity index (χ2v) is 5.64. The van der Waals surface area contributed by atoms with Crippen molar-refractivity contribution in [3.63, 3.8) is 0 Å². The minimum Gasteiger partial charge on any atom is -0.500 e. The molecule has 9 nitrogen and oxygen atoms in total. The summed E-state index contributed by atoms with van der Waals surface area (Å²) in [5, 5.41) is 23.8. The van der Waals surface area contributed by atoms with Crippen molar-refractivity contribution in [2.45, 2.75) is 25.4 Å². The first-order chi connectivity index (χ1) is 11.8. The predicted molar refractivity (Wildman–Crippen MR) is 92.2 cm³/mol. The fourth-order valence-corrected chi connectivity index (χ4v) is 2.20. The number of amides is 1. The van der Waals surface area contributed by atoms with Crippen molar-refractivity contribution in [1.29, 1.82) is 0 Å². The highest BCUT2D eigenvalue weighted by Crippen LogP contribution is 2.25. The molecule has 0 aromatic carbocycles. The monoisotopic (exact) mass is 356 g/mol. The lowest BCUT2D eigenvalue weighted by atomic mass is 10.3. The van der Waals surface area contributed by atoms with Crippen LogP contribution in [-0.2, 0) is 14.4 Å². The molecule has 1 amide bonds. The van der Waals surface area contributed by atoms with Crippen LogP contribution in [0.3, 0.4) is 0 Å². The summed E-state index contributed by atoms with van der Waals surface area (Å²) < 4.78 is 5.06. The third kappa shape index (κ3) is 6.75. The van der Waals surface area contributed by atoms with Gasteiger partial charge in [0.15, 0.2) is 12.5 Å². The standard InChI is InChI=1S/C16H28N4O5/c1-11-5-6-15(22)20(11)25-16(23)10-19(9-13(3)24-4)12(2)8-18-14(21)7-17/h15-16,22-23H,1-3,5-10,17H2,4H3,(H,18,21). The van der Waals surface area contributed by atoms with E-state index in [-0.39, 0.29) is 32.1 Å². The van der Waals surface area contributed by atoms with Crippen LogP contribution in [0.25, 0.3) is 0 Å². The molecule has 0 aromatic rings. The molecule has 1 aliphatic rings. The van der Waals surface area contributed by atoms with Gasteiger partial charge in [-0.3, -0.25) is 4.79 Å². The van der Waals surface area contributed by atoms with E-state index < -0.39 is 12.5 Å². The number of carbonyl (C=O) groups is 1. The molecule has 9 heteroatoms. The van der Waals surface area contributed by atoms with Crippen LogP contribution in [0.2, 0.25) is 0 Å². The van der Waals surface area contributed by atoms with E-state index in [2.05, 4.69) is 25.1 Å². The van der Waals surface area contributed by atoms with Gasteiger partial charge in [0.25, 0.3) is 0 Å². The molecule has 1 rings (SSSR count). The van der Waals surface area contributed by atoms with Gasteiger partial charge >= 0.3 is 0 Å². The minimum atomic E-state index is -1.25. The van der Waals surface area contributed by atoms with Crippen LogP contribution in [0.15, 0.2) is 36.9 Å². The molecule has 1 saturated heterocycles.